The number of fused-ring (bicyclic) bond motifs is 1. The first-order chi connectivity index (χ1) is 11.4. The Morgan fingerprint density at radius 2 is 1.36 bits per heavy atom. The highest BCUT2D eigenvalue weighted by Gasteiger charge is 2.86. The van der Waals surface area contributed by atoms with Gasteiger partial charge in [-0.2, -0.15) is 0 Å². The topological polar surface area (TPSA) is 22.0 Å². The van der Waals surface area contributed by atoms with Crippen LogP contribution in [0.4, 0.5) is 0 Å². The van der Waals surface area contributed by atoms with Crippen molar-refractivity contribution < 1.29 is 4.79 Å². The first-order valence-electron chi connectivity index (χ1n) is 9.47. The third-order valence-corrected chi connectivity index (χ3v) is 8.91. The molecule has 2 nitrogen and oxygen atoms in total. The molecule has 4 rings (SSSR count). The van der Waals surface area contributed by atoms with Crippen molar-refractivity contribution in [1.29, 1.82) is 0 Å². The summed E-state index contributed by atoms with van der Waals surface area (Å²) >= 11 is 0. The third-order valence-electron chi connectivity index (χ3n) is 8.91. The average Bonchev–Trinajstić information content (AvgIpc) is 2.94. The number of benzene rings is 1. The molecular weight excluding hydrogens is 306 g/mol. The van der Waals surface area contributed by atoms with Gasteiger partial charge in [0.25, 0.3) is 0 Å². The van der Waals surface area contributed by atoms with Gasteiger partial charge in [-0.15, -0.1) is 0 Å². The van der Waals surface area contributed by atoms with Gasteiger partial charge < -0.3 is 4.57 Å². The maximum absolute atomic E-state index is 14.1. The molecule has 0 saturated heterocycles. The van der Waals surface area contributed by atoms with E-state index in [-0.39, 0.29) is 27.6 Å². The van der Waals surface area contributed by atoms with Crippen molar-refractivity contribution in [2.75, 3.05) is 0 Å². The lowest BCUT2D eigenvalue weighted by molar-refractivity contribution is -0.127. The van der Waals surface area contributed by atoms with Crippen LogP contribution >= 0.6 is 0 Å². The lowest BCUT2D eigenvalue weighted by Gasteiger charge is -2.25. The highest BCUT2D eigenvalue weighted by Crippen LogP contribution is 2.81. The summed E-state index contributed by atoms with van der Waals surface area (Å²) in [6.45, 7) is 18.1. The van der Waals surface area contributed by atoms with Gasteiger partial charge in [0.15, 0.2) is 5.78 Å². The van der Waals surface area contributed by atoms with E-state index in [1.54, 1.807) is 0 Å². The Morgan fingerprint density at radius 3 is 1.84 bits per heavy atom. The van der Waals surface area contributed by atoms with Crippen LogP contribution in [0.3, 0.4) is 0 Å². The highest BCUT2D eigenvalue weighted by molar-refractivity contribution is 6.00. The van der Waals surface area contributed by atoms with E-state index in [1.807, 2.05) is 0 Å². The SMILES string of the molecule is CC1(C)C(C(=O)C2(n3ccc4ccccc43)C(C)(C)C2(C)C)C1(C)C. The number of para-hydroxylation sites is 1. The van der Waals surface area contributed by atoms with Gasteiger partial charge in [0.2, 0.25) is 0 Å². The number of hydrogen-bond donors (Lipinski definition) is 0. The van der Waals surface area contributed by atoms with Crippen LogP contribution in [0.15, 0.2) is 36.5 Å². The summed E-state index contributed by atoms with van der Waals surface area (Å²) < 4.78 is 2.30. The quantitative estimate of drug-likeness (QED) is 0.709. The van der Waals surface area contributed by atoms with Crippen molar-refractivity contribution in [3.05, 3.63) is 36.5 Å². The number of ketones is 1. The van der Waals surface area contributed by atoms with Crippen LogP contribution in [0, 0.1) is 27.6 Å². The molecule has 2 aliphatic rings. The summed E-state index contributed by atoms with van der Waals surface area (Å²) in [6.07, 6.45) is 2.14. The van der Waals surface area contributed by atoms with Crippen molar-refractivity contribution in [2.45, 2.75) is 60.9 Å². The van der Waals surface area contributed by atoms with Gasteiger partial charge in [0.05, 0.1) is 0 Å². The van der Waals surface area contributed by atoms with Gasteiger partial charge >= 0.3 is 0 Å². The molecule has 2 fully saturated rings. The van der Waals surface area contributed by atoms with Crippen molar-refractivity contribution >= 4 is 16.7 Å². The third kappa shape index (κ3) is 1.52. The Kier molecular flexibility index (Phi) is 2.85. The number of hydrogen-bond acceptors (Lipinski definition) is 1. The summed E-state index contributed by atoms with van der Waals surface area (Å²) in [5, 5.41) is 1.21. The van der Waals surface area contributed by atoms with E-state index >= 15 is 0 Å². The Balaban J connectivity index is 1.95. The molecular formula is C23H31NO. The molecule has 0 N–H and O–H groups in total. The Morgan fingerprint density at radius 1 is 0.840 bits per heavy atom. The average molecular weight is 338 g/mol. The van der Waals surface area contributed by atoms with Crippen LogP contribution in [-0.4, -0.2) is 10.4 Å². The molecule has 2 heteroatoms. The van der Waals surface area contributed by atoms with Gasteiger partial charge in [-0.3, -0.25) is 4.79 Å². The second-order valence-corrected chi connectivity index (χ2v) is 10.4. The van der Waals surface area contributed by atoms with Crippen molar-refractivity contribution in [1.82, 2.24) is 4.57 Å². The van der Waals surface area contributed by atoms with E-state index in [1.165, 1.54) is 10.9 Å². The molecule has 0 radical (unpaired) electrons. The van der Waals surface area contributed by atoms with Gasteiger partial charge in [0, 0.05) is 28.5 Å². The van der Waals surface area contributed by atoms with E-state index in [2.05, 4.69) is 96.5 Å². The summed E-state index contributed by atoms with van der Waals surface area (Å²) in [5.41, 5.74) is 0.676. The fourth-order valence-corrected chi connectivity index (χ4v) is 6.06. The maximum Gasteiger partial charge on any atom is 0.164 e. The van der Waals surface area contributed by atoms with Crippen LogP contribution in [0.5, 0.6) is 0 Å². The number of carbonyl (C=O) groups is 1. The molecule has 25 heavy (non-hydrogen) atoms. The van der Waals surface area contributed by atoms with E-state index in [0.29, 0.717) is 5.78 Å². The minimum Gasteiger partial charge on any atom is -0.333 e. The molecule has 2 aromatic rings. The number of carbonyl (C=O) groups excluding carboxylic acids is 1. The zero-order chi connectivity index (χ0) is 18.6. The molecule has 2 aliphatic carbocycles. The lowest BCUT2D eigenvalue weighted by Crippen LogP contribution is -2.37. The molecule has 1 aromatic carbocycles. The maximum atomic E-state index is 14.1. The molecule has 0 spiro atoms. The number of nitrogens with zero attached hydrogens (tertiary/aromatic N) is 1. The van der Waals surface area contributed by atoms with E-state index in [9.17, 15) is 4.79 Å². The fourth-order valence-electron chi connectivity index (χ4n) is 6.06. The van der Waals surface area contributed by atoms with Crippen molar-refractivity contribution in [3.63, 3.8) is 0 Å². The zero-order valence-corrected chi connectivity index (χ0v) is 16.9. The van der Waals surface area contributed by atoms with Crippen LogP contribution in [0.25, 0.3) is 10.9 Å². The first-order valence-corrected chi connectivity index (χ1v) is 9.47. The normalized spacial score (nSPS) is 27.2. The van der Waals surface area contributed by atoms with E-state index in [4.69, 9.17) is 0 Å². The van der Waals surface area contributed by atoms with Gasteiger partial charge in [-0.1, -0.05) is 73.6 Å². The predicted octanol–water partition coefficient (Wildman–Crippen LogP) is 5.65. The van der Waals surface area contributed by atoms with Crippen LogP contribution in [0.2, 0.25) is 0 Å². The monoisotopic (exact) mass is 337 g/mol. The molecule has 0 amide bonds. The summed E-state index contributed by atoms with van der Waals surface area (Å²) in [7, 11) is 0. The molecule has 1 heterocycles. The van der Waals surface area contributed by atoms with Crippen LogP contribution in [-0.2, 0) is 10.3 Å². The largest absolute Gasteiger partial charge is 0.333 e. The number of Topliss-reactive ketones (excluding diaryl/α,β-unsaturated/α-hetero) is 1. The van der Waals surface area contributed by atoms with Gasteiger partial charge in [-0.05, 0) is 28.3 Å². The lowest BCUT2D eigenvalue weighted by atomic mass is 9.91. The standard InChI is InChI=1S/C23H31NO/c1-19(2)17(20(19,3)4)18(25)23(21(5,6)22(23,7)8)24-14-13-15-11-9-10-12-16(15)24/h9-14,17H,1-8H3. The zero-order valence-electron chi connectivity index (χ0n) is 16.9. The molecule has 0 bridgehead atoms. The summed E-state index contributed by atoms with van der Waals surface area (Å²) in [4.78, 5) is 14.1. The molecule has 2 saturated carbocycles. The predicted molar refractivity (Wildman–Crippen MR) is 104 cm³/mol. The summed E-state index contributed by atoms with van der Waals surface area (Å²) in [6, 6.07) is 10.6. The first kappa shape index (κ1) is 16.9. The Bertz CT molecular complexity index is 866. The van der Waals surface area contributed by atoms with Crippen molar-refractivity contribution in [2.24, 2.45) is 27.6 Å². The van der Waals surface area contributed by atoms with Gasteiger partial charge in [-0.25, -0.2) is 0 Å². The van der Waals surface area contributed by atoms with E-state index in [0.717, 1.165) is 0 Å². The molecule has 0 atom stereocenters. The number of rotatable bonds is 3. The molecule has 0 unspecified atom stereocenters. The van der Waals surface area contributed by atoms with Gasteiger partial charge in [0.1, 0.15) is 5.54 Å². The summed E-state index contributed by atoms with van der Waals surface area (Å²) in [5.74, 6) is 0.543. The minimum absolute atomic E-state index is 0.0643. The van der Waals surface area contributed by atoms with Crippen molar-refractivity contribution in [3.8, 4) is 0 Å². The highest BCUT2D eigenvalue weighted by atomic mass is 16.1. The minimum atomic E-state index is -0.473. The fraction of sp³-hybridized carbons (Fsp3) is 0.609. The molecule has 134 valence electrons. The Hall–Kier alpha value is -1.57. The Labute approximate surface area is 151 Å². The molecule has 0 aliphatic heterocycles. The van der Waals surface area contributed by atoms with Crippen LogP contribution in [0.1, 0.15) is 55.4 Å². The second kappa shape index (κ2) is 4.22. The molecule has 1 aromatic heterocycles. The number of aromatic nitrogens is 1. The van der Waals surface area contributed by atoms with E-state index < -0.39 is 5.54 Å². The smallest absolute Gasteiger partial charge is 0.164 e. The van der Waals surface area contributed by atoms with Crippen LogP contribution < -0.4 is 0 Å². The second-order valence-electron chi connectivity index (χ2n) is 10.4.